The Morgan fingerprint density at radius 3 is 2.47 bits per heavy atom. The number of aryl methyl sites for hydroxylation is 1. The van der Waals surface area contributed by atoms with Gasteiger partial charge in [-0.2, -0.15) is 23.4 Å². The molecule has 36 heavy (non-hydrogen) atoms. The molecule has 2 bridgehead atoms. The van der Waals surface area contributed by atoms with E-state index in [-0.39, 0.29) is 17.5 Å². The first-order valence-electron chi connectivity index (χ1n) is 11.1. The predicted molar refractivity (Wildman–Crippen MR) is 114 cm³/mol. The summed E-state index contributed by atoms with van der Waals surface area (Å²) in [5.74, 6) is -5.07. The molecule has 2 aliphatic heterocycles. The minimum Gasteiger partial charge on any atom is -0.326 e. The fourth-order valence-electron chi connectivity index (χ4n) is 5.54. The van der Waals surface area contributed by atoms with Gasteiger partial charge in [-0.15, -0.1) is 0 Å². The Labute approximate surface area is 199 Å². The van der Waals surface area contributed by atoms with E-state index < -0.39 is 52.9 Å². The van der Waals surface area contributed by atoms with Crippen molar-refractivity contribution in [1.82, 2.24) is 24.3 Å². The summed E-state index contributed by atoms with van der Waals surface area (Å²) < 4.78 is 85.4. The number of hydrogen-bond acceptors (Lipinski definition) is 3. The zero-order valence-electron chi connectivity index (χ0n) is 18.7. The largest absolute Gasteiger partial charge is 0.436 e. The van der Waals surface area contributed by atoms with Crippen molar-refractivity contribution in [2.24, 2.45) is 7.05 Å². The van der Waals surface area contributed by atoms with Crippen molar-refractivity contribution in [1.29, 1.82) is 0 Å². The van der Waals surface area contributed by atoms with Crippen molar-refractivity contribution < 1.29 is 31.1 Å². The summed E-state index contributed by atoms with van der Waals surface area (Å²) in [6, 6.07) is 5.13. The van der Waals surface area contributed by atoms with Crippen LogP contribution in [0, 0.1) is 17.5 Å². The molecule has 6 rings (SSSR count). The first kappa shape index (κ1) is 22.6. The number of rotatable bonds is 2. The minimum atomic E-state index is -4.84. The quantitative estimate of drug-likeness (QED) is 0.282. The van der Waals surface area contributed by atoms with Gasteiger partial charge in [-0.05, 0) is 43.5 Å². The molecular formula is C24H17F6N5O. The Balaban J connectivity index is 1.46. The molecule has 1 fully saturated rings. The number of carbonyl (C=O) groups is 1. The van der Waals surface area contributed by atoms with E-state index >= 15 is 0 Å². The molecule has 1 saturated heterocycles. The summed E-state index contributed by atoms with van der Waals surface area (Å²) in [6.45, 7) is 0. The number of fused-ring (bicyclic) bond motifs is 5. The van der Waals surface area contributed by atoms with E-state index in [9.17, 15) is 31.1 Å². The third kappa shape index (κ3) is 3.16. The fraction of sp³-hybridized carbons (Fsp3) is 0.292. The number of pyridine rings is 1. The third-order valence-corrected chi connectivity index (χ3v) is 6.95. The van der Waals surface area contributed by atoms with Gasteiger partial charge in [0.05, 0.1) is 28.5 Å². The Morgan fingerprint density at radius 2 is 1.78 bits per heavy atom. The van der Waals surface area contributed by atoms with Gasteiger partial charge in [0.25, 0.3) is 5.91 Å². The van der Waals surface area contributed by atoms with Gasteiger partial charge in [0.15, 0.2) is 23.1 Å². The van der Waals surface area contributed by atoms with Crippen LogP contribution in [-0.2, 0) is 19.6 Å². The number of benzene rings is 1. The lowest BCUT2D eigenvalue weighted by Crippen LogP contribution is -2.42. The van der Waals surface area contributed by atoms with Crippen molar-refractivity contribution in [2.75, 3.05) is 0 Å². The summed E-state index contributed by atoms with van der Waals surface area (Å²) in [7, 11) is 1.56. The third-order valence-electron chi connectivity index (χ3n) is 6.95. The summed E-state index contributed by atoms with van der Waals surface area (Å²) in [5.41, 5.74) is -0.202. The summed E-state index contributed by atoms with van der Waals surface area (Å²) in [5, 5.41) is 8.10. The van der Waals surface area contributed by atoms with E-state index in [1.165, 1.54) is 34.0 Å². The van der Waals surface area contributed by atoms with Crippen LogP contribution in [0.5, 0.6) is 0 Å². The Morgan fingerprint density at radius 1 is 1.06 bits per heavy atom. The van der Waals surface area contributed by atoms with E-state index in [1.54, 1.807) is 7.05 Å². The monoisotopic (exact) mass is 505 g/mol. The van der Waals surface area contributed by atoms with Crippen molar-refractivity contribution in [3.05, 3.63) is 76.5 Å². The molecule has 2 atom stereocenters. The molecule has 6 nitrogen and oxygen atoms in total. The van der Waals surface area contributed by atoms with E-state index in [4.69, 9.17) is 0 Å². The molecule has 3 aromatic heterocycles. The van der Waals surface area contributed by atoms with Crippen LogP contribution in [0.1, 0.15) is 46.2 Å². The van der Waals surface area contributed by atoms with Gasteiger partial charge in [-0.1, -0.05) is 6.07 Å². The molecule has 2 aliphatic rings. The molecule has 0 saturated carbocycles. The lowest BCUT2D eigenvalue weighted by Gasteiger charge is -2.34. The molecule has 0 N–H and O–H groups in total. The van der Waals surface area contributed by atoms with Crippen LogP contribution in [0.4, 0.5) is 26.3 Å². The lowest BCUT2D eigenvalue weighted by atomic mass is 9.94. The van der Waals surface area contributed by atoms with Gasteiger partial charge < -0.3 is 4.90 Å². The number of nitrogens with zero attached hydrogens (tertiary/aromatic N) is 5. The highest BCUT2D eigenvalue weighted by atomic mass is 19.4. The fourth-order valence-corrected chi connectivity index (χ4v) is 5.54. The lowest BCUT2D eigenvalue weighted by molar-refractivity contribution is -0.141. The molecular weight excluding hydrogens is 488 g/mol. The summed E-state index contributed by atoms with van der Waals surface area (Å²) >= 11 is 0. The molecule has 5 heterocycles. The van der Waals surface area contributed by atoms with Gasteiger partial charge in [-0.3, -0.25) is 9.48 Å². The predicted octanol–water partition coefficient (Wildman–Crippen LogP) is 5.07. The minimum absolute atomic E-state index is 0.0407. The molecule has 4 aromatic rings. The van der Waals surface area contributed by atoms with Gasteiger partial charge in [0.1, 0.15) is 0 Å². The van der Waals surface area contributed by atoms with Gasteiger partial charge >= 0.3 is 6.18 Å². The zero-order chi connectivity index (χ0) is 25.5. The molecule has 1 aromatic carbocycles. The van der Waals surface area contributed by atoms with Crippen LogP contribution < -0.4 is 0 Å². The second-order valence-corrected chi connectivity index (χ2v) is 9.01. The molecule has 0 aliphatic carbocycles. The smallest absolute Gasteiger partial charge is 0.326 e. The number of amides is 1. The highest BCUT2D eigenvalue weighted by Gasteiger charge is 2.49. The Kier molecular flexibility index (Phi) is 4.76. The molecule has 0 spiro atoms. The van der Waals surface area contributed by atoms with Crippen LogP contribution in [0.25, 0.3) is 16.8 Å². The van der Waals surface area contributed by atoms with Gasteiger partial charge in [0.2, 0.25) is 0 Å². The first-order valence-corrected chi connectivity index (χ1v) is 11.1. The van der Waals surface area contributed by atoms with E-state index in [2.05, 4.69) is 10.2 Å². The highest BCUT2D eigenvalue weighted by molar-refractivity contribution is 6.03. The maximum absolute atomic E-state index is 14.0. The molecule has 186 valence electrons. The van der Waals surface area contributed by atoms with Crippen molar-refractivity contribution in [3.63, 3.8) is 0 Å². The van der Waals surface area contributed by atoms with E-state index in [0.717, 1.165) is 16.6 Å². The van der Waals surface area contributed by atoms with Crippen molar-refractivity contribution in [2.45, 2.75) is 37.5 Å². The van der Waals surface area contributed by atoms with Crippen LogP contribution in [0.2, 0.25) is 0 Å². The number of alkyl halides is 3. The maximum atomic E-state index is 14.0. The van der Waals surface area contributed by atoms with E-state index in [0.29, 0.717) is 29.8 Å². The topological polar surface area (TPSA) is 55.4 Å². The number of hydrogen-bond donors (Lipinski definition) is 0. The average Bonchev–Trinajstić information content (AvgIpc) is 3.47. The summed E-state index contributed by atoms with van der Waals surface area (Å²) in [6.07, 6.45) is -2.29. The zero-order valence-corrected chi connectivity index (χ0v) is 18.7. The van der Waals surface area contributed by atoms with Gasteiger partial charge in [0, 0.05) is 30.4 Å². The first-order chi connectivity index (χ1) is 17.1. The van der Waals surface area contributed by atoms with E-state index in [1.807, 2.05) is 0 Å². The number of halogens is 6. The molecule has 1 amide bonds. The highest BCUT2D eigenvalue weighted by Crippen LogP contribution is 2.47. The molecule has 0 radical (unpaired) electrons. The maximum Gasteiger partial charge on any atom is 0.436 e. The van der Waals surface area contributed by atoms with Crippen molar-refractivity contribution >= 4 is 11.4 Å². The number of aromatic nitrogens is 4. The second-order valence-electron chi connectivity index (χ2n) is 9.01. The summed E-state index contributed by atoms with van der Waals surface area (Å²) in [4.78, 5) is 15.1. The number of carbonyl (C=O) groups excluding carboxylic acids is 1. The normalized spacial score (nSPS) is 19.2. The average molecular weight is 505 g/mol. The second kappa shape index (κ2) is 7.58. The standard InChI is InChI=1S/C24H17F6N5O/c1-33-21(11-8-14(25)19(27)15(26)9-11)13-10-12-5-6-17(20(13)31-33)35(12)23(36)18-16-4-2-3-7-34(16)32-22(18)24(28,29)30/h2-4,7-9,12,17H,5-6,10H2,1H3. The Bertz CT molecular complexity index is 1530. The Hall–Kier alpha value is -3.83. The van der Waals surface area contributed by atoms with Crippen LogP contribution in [-0.4, -0.2) is 36.2 Å². The molecule has 12 heteroatoms. The van der Waals surface area contributed by atoms with Crippen molar-refractivity contribution in [3.8, 4) is 11.3 Å². The molecule has 2 unspecified atom stereocenters. The van der Waals surface area contributed by atoms with Crippen LogP contribution in [0.3, 0.4) is 0 Å². The van der Waals surface area contributed by atoms with Gasteiger partial charge in [-0.25, -0.2) is 17.7 Å². The SMILES string of the molecule is Cn1nc2c(c1-c1cc(F)c(F)c(F)c1)CC1CCC2N1C(=O)c1c(C(F)(F)F)nn2ccccc12. The van der Waals surface area contributed by atoms with Crippen LogP contribution in [0.15, 0.2) is 36.5 Å². The van der Waals surface area contributed by atoms with Crippen LogP contribution >= 0.6 is 0 Å².